The molecule has 0 aliphatic carbocycles. The summed E-state index contributed by atoms with van der Waals surface area (Å²) in [4.78, 5) is 0. The van der Waals surface area contributed by atoms with E-state index in [0.717, 1.165) is 11.0 Å². The highest BCUT2D eigenvalue weighted by Crippen LogP contribution is 2.29. The Kier molecular flexibility index (Phi) is 3.96. The van der Waals surface area contributed by atoms with Gasteiger partial charge in [0.05, 0.1) is 0 Å². The summed E-state index contributed by atoms with van der Waals surface area (Å²) >= 11 is 0. The maximum atomic E-state index is 14.5. The van der Waals surface area contributed by atoms with E-state index in [9.17, 15) is 9.50 Å². The third kappa shape index (κ3) is 3.01. The number of aromatic nitrogens is 2. The van der Waals surface area contributed by atoms with Crippen molar-refractivity contribution in [3.8, 4) is 17.0 Å². The first-order chi connectivity index (χ1) is 11.1. The van der Waals surface area contributed by atoms with Crippen molar-refractivity contribution in [2.45, 2.75) is 6.92 Å². The topological polar surface area (TPSA) is 97.8 Å². The summed E-state index contributed by atoms with van der Waals surface area (Å²) in [6.45, 7) is 1.80. The first-order valence-electron chi connectivity index (χ1n) is 6.97. The van der Waals surface area contributed by atoms with Gasteiger partial charge in [-0.25, -0.2) is 9.60 Å². The molecule has 7 heteroatoms. The summed E-state index contributed by atoms with van der Waals surface area (Å²) in [7, 11) is 0. The van der Waals surface area contributed by atoms with Crippen LogP contribution in [0.25, 0.3) is 11.3 Å². The monoisotopic (exact) mass is 315 g/mol. The van der Waals surface area contributed by atoms with Crippen LogP contribution < -0.4 is 10.8 Å². The van der Waals surface area contributed by atoms with Crippen LogP contribution in [0, 0.1) is 12.7 Å². The van der Waals surface area contributed by atoms with Gasteiger partial charge < -0.3 is 10.4 Å². The van der Waals surface area contributed by atoms with Crippen LogP contribution in [0.4, 0.5) is 21.6 Å². The highest BCUT2D eigenvalue weighted by molar-refractivity contribution is 5.69. The van der Waals surface area contributed by atoms with Gasteiger partial charge in [-0.15, -0.1) is 0 Å². The van der Waals surface area contributed by atoms with Gasteiger partial charge in [0.15, 0.2) is 17.3 Å². The summed E-state index contributed by atoms with van der Waals surface area (Å²) in [6.07, 6.45) is 0. The van der Waals surface area contributed by atoms with Crippen molar-refractivity contribution in [3.05, 3.63) is 53.8 Å². The van der Waals surface area contributed by atoms with Crippen LogP contribution in [0.15, 0.2) is 42.5 Å². The van der Waals surface area contributed by atoms with E-state index in [0.29, 0.717) is 16.9 Å². The number of hydrogen-bond acceptors (Lipinski definition) is 4. The predicted molar refractivity (Wildman–Crippen MR) is 83.5 cm³/mol. The van der Waals surface area contributed by atoms with Gasteiger partial charge in [-0.2, -0.15) is 10.6 Å². The minimum Gasteiger partial charge on any atom is -0.508 e. The zero-order chi connectivity index (χ0) is 16.4. The van der Waals surface area contributed by atoms with Crippen molar-refractivity contribution in [1.29, 1.82) is 0 Å². The van der Waals surface area contributed by atoms with Gasteiger partial charge in [0.25, 0.3) is 0 Å². The molecule has 0 amide bonds. The first kappa shape index (κ1) is 15.0. The molecule has 6 N–H and O–H groups in total. The van der Waals surface area contributed by atoms with Crippen molar-refractivity contribution in [1.82, 2.24) is 10.2 Å². The van der Waals surface area contributed by atoms with E-state index in [4.69, 9.17) is 5.21 Å². The molecule has 118 valence electrons. The van der Waals surface area contributed by atoms with E-state index in [-0.39, 0.29) is 17.3 Å². The molecular formula is C16H16FN4O2+. The van der Waals surface area contributed by atoms with Gasteiger partial charge >= 0.3 is 0 Å². The fourth-order valence-corrected chi connectivity index (χ4v) is 2.25. The van der Waals surface area contributed by atoms with Crippen LogP contribution in [0.5, 0.6) is 5.75 Å². The molecule has 0 bridgehead atoms. The molecule has 1 aromatic heterocycles. The Labute approximate surface area is 131 Å². The molecule has 0 atom stereocenters. The summed E-state index contributed by atoms with van der Waals surface area (Å²) in [5.41, 5.74) is 3.92. The maximum absolute atomic E-state index is 14.5. The van der Waals surface area contributed by atoms with Gasteiger partial charge in [-0.1, -0.05) is 0 Å². The smallest absolute Gasteiger partial charge is 0.193 e. The number of aromatic hydroxyl groups is 1. The van der Waals surface area contributed by atoms with Crippen LogP contribution >= 0.6 is 0 Å². The third-order valence-electron chi connectivity index (χ3n) is 3.52. The second kappa shape index (κ2) is 6.07. The van der Waals surface area contributed by atoms with Crippen molar-refractivity contribution in [2.24, 2.45) is 0 Å². The van der Waals surface area contributed by atoms with E-state index >= 15 is 0 Å². The van der Waals surface area contributed by atoms with Crippen LogP contribution in [-0.2, 0) is 0 Å². The average molecular weight is 315 g/mol. The largest absolute Gasteiger partial charge is 0.508 e. The van der Waals surface area contributed by atoms with Crippen LogP contribution in [0.1, 0.15) is 5.56 Å². The van der Waals surface area contributed by atoms with E-state index in [1.807, 2.05) is 0 Å². The van der Waals surface area contributed by atoms with Gasteiger partial charge in [0.2, 0.25) is 0 Å². The van der Waals surface area contributed by atoms with Crippen LogP contribution in [-0.4, -0.2) is 20.5 Å². The number of quaternary nitrogens is 1. The van der Waals surface area contributed by atoms with Crippen molar-refractivity contribution >= 4 is 17.2 Å². The number of aromatic amines is 1. The van der Waals surface area contributed by atoms with E-state index < -0.39 is 5.82 Å². The van der Waals surface area contributed by atoms with Crippen molar-refractivity contribution < 1.29 is 20.2 Å². The molecule has 0 radical (unpaired) electrons. The van der Waals surface area contributed by atoms with Gasteiger partial charge in [-0.3, -0.25) is 5.10 Å². The minimum atomic E-state index is -0.502. The Bertz CT molecular complexity index is 831. The molecule has 2 aromatic carbocycles. The van der Waals surface area contributed by atoms with Crippen molar-refractivity contribution in [2.75, 3.05) is 5.32 Å². The molecule has 3 rings (SSSR count). The molecule has 0 unspecified atom stereocenters. The normalized spacial score (nSPS) is 10.7. The van der Waals surface area contributed by atoms with E-state index in [2.05, 4.69) is 15.5 Å². The SMILES string of the molecule is Cc1cc(O)ccc1Nc1n[nH]c(-c2ccc([NH2+]O)cc2)c1F. The molecule has 6 nitrogen and oxygen atoms in total. The number of nitrogens with zero attached hydrogens (tertiary/aromatic N) is 1. The molecule has 3 aromatic rings. The lowest BCUT2D eigenvalue weighted by Crippen LogP contribution is -2.73. The van der Waals surface area contributed by atoms with Gasteiger partial charge in [0, 0.05) is 23.4 Å². The number of phenolic OH excluding ortho intramolecular Hbond substituents is 1. The molecule has 0 aliphatic heterocycles. The second-order valence-corrected chi connectivity index (χ2v) is 5.14. The second-order valence-electron chi connectivity index (χ2n) is 5.14. The Balaban J connectivity index is 1.89. The summed E-state index contributed by atoms with van der Waals surface area (Å²) in [6, 6.07) is 11.5. The molecular weight excluding hydrogens is 299 g/mol. The van der Waals surface area contributed by atoms with Crippen LogP contribution in [0.2, 0.25) is 0 Å². The van der Waals surface area contributed by atoms with Crippen LogP contribution in [0.3, 0.4) is 0 Å². The molecule has 0 spiro atoms. The lowest BCUT2D eigenvalue weighted by Gasteiger charge is -2.07. The van der Waals surface area contributed by atoms with Crippen molar-refractivity contribution in [3.63, 3.8) is 0 Å². The lowest BCUT2D eigenvalue weighted by molar-refractivity contribution is -0.825. The van der Waals surface area contributed by atoms with E-state index in [1.54, 1.807) is 43.3 Å². The number of H-pyrrole nitrogens is 1. The molecule has 0 aliphatic rings. The zero-order valence-electron chi connectivity index (χ0n) is 12.3. The number of anilines is 2. The Morgan fingerprint density at radius 3 is 2.57 bits per heavy atom. The Morgan fingerprint density at radius 2 is 1.91 bits per heavy atom. The fraction of sp³-hybridized carbons (Fsp3) is 0.0625. The number of benzene rings is 2. The van der Waals surface area contributed by atoms with Gasteiger partial charge in [0.1, 0.15) is 11.4 Å². The summed E-state index contributed by atoms with van der Waals surface area (Å²) in [5, 5.41) is 27.9. The highest BCUT2D eigenvalue weighted by Gasteiger charge is 2.15. The van der Waals surface area contributed by atoms with E-state index in [1.165, 1.54) is 6.07 Å². The standard InChI is InChI=1S/C16H15FN4O2/c1-9-8-12(22)6-7-13(9)18-16-14(17)15(19-20-16)10-2-4-11(21-23)5-3-10/h2-8,21-23H,1H3,(H2,18,19,20)/p+1. The molecule has 0 saturated heterocycles. The number of nitrogens with one attached hydrogen (secondary N) is 2. The number of hydrogen-bond donors (Lipinski definition) is 5. The molecule has 0 saturated carbocycles. The number of aryl methyl sites for hydroxylation is 1. The molecule has 0 fully saturated rings. The maximum Gasteiger partial charge on any atom is 0.193 e. The number of rotatable bonds is 4. The first-order valence-corrected chi connectivity index (χ1v) is 6.97. The number of halogens is 1. The number of nitrogens with two attached hydrogens (primary N) is 1. The lowest BCUT2D eigenvalue weighted by atomic mass is 10.1. The zero-order valence-corrected chi connectivity index (χ0v) is 12.3. The average Bonchev–Trinajstić information content (AvgIpc) is 2.91. The Hall–Kier alpha value is -2.90. The predicted octanol–water partition coefficient (Wildman–Crippen LogP) is 2.56. The summed E-state index contributed by atoms with van der Waals surface area (Å²) in [5.74, 6) is -0.276. The number of phenols is 1. The Morgan fingerprint density at radius 1 is 1.17 bits per heavy atom. The molecule has 1 heterocycles. The minimum absolute atomic E-state index is 0.0755. The summed E-state index contributed by atoms with van der Waals surface area (Å²) < 4.78 is 14.5. The molecule has 23 heavy (non-hydrogen) atoms. The highest BCUT2D eigenvalue weighted by atomic mass is 19.1. The van der Waals surface area contributed by atoms with Gasteiger partial charge in [-0.05, 0) is 42.8 Å². The fourth-order valence-electron chi connectivity index (χ4n) is 2.25. The quantitative estimate of drug-likeness (QED) is 0.290. The third-order valence-corrected chi connectivity index (χ3v) is 3.52.